The maximum atomic E-state index is 5.35. The molecule has 0 aromatic heterocycles. The number of nitrogens with zero attached hydrogens (tertiary/aromatic N) is 1. The second-order valence-electron chi connectivity index (χ2n) is 2.59. The summed E-state index contributed by atoms with van der Waals surface area (Å²) in [5.41, 5.74) is 2.14. The minimum atomic E-state index is 0.594. The molecular weight excluding hydrogens is 138 g/mol. The van der Waals surface area contributed by atoms with Crippen molar-refractivity contribution in [2.75, 3.05) is 6.61 Å². The van der Waals surface area contributed by atoms with Crippen molar-refractivity contribution in [2.45, 2.75) is 6.92 Å². The highest BCUT2D eigenvalue weighted by atomic mass is 16.5. The minimum Gasteiger partial charge on any atom is -0.486 e. The van der Waals surface area contributed by atoms with Gasteiger partial charge in [-0.25, -0.2) is 0 Å². The van der Waals surface area contributed by atoms with E-state index in [9.17, 15) is 0 Å². The van der Waals surface area contributed by atoms with Crippen LogP contribution in [-0.2, 0) is 0 Å². The number of aryl methyl sites for hydroxylation is 1. The lowest BCUT2D eigenvalue weighted by molar-refractivity contribution is 0.376. The van der Waals surface area contributed by atoms with Crippen LogP contribution in [0, 0.1) is 6.92 Å². The van der Waals surface area contributed by atoms with Crippen molar-refractivity contribution in [1.82, 2.24) is 0 Å². The fourth-order valence-electron chi connectivity index (χ4n) is 1.11. The summed E-state index contributed by atoms with van der Waals surface area (Å²) in [5.74, 6) is 0.896. The second kappa shape index (κ2) is 2.38. The van der Waals surface area contributed by atoms with Crippen molar-refractivity contribution in [2.24, 2.45) is 4.99 Å². The van der Waals surface area contributed by atoms with E-state index in [0.717, 1.165) is 11.4 Å². The van der Waals surface area contributed by atoms with Gasteiger partial charge in [0, 0.05) is 6.21 Å². The highest BCUT2D eigenvalue weighted by molar-refractivity contribution is 5.70. The van der Waals surface area contributed by atoms with Gasteiger partial charge in [0.2, 0.25) is 0 Å². The first-order valence-electron chi connectivity index (χ1n) is 3.62. The zero-order valence-corrected chi connectivity index (χ0v) is 6.37. The van der Waals surface area contributed by atoms with Crippen molar-refractivity contribution in [1.29, 1.82) is 0 Å². The van der Waals surface area contributed by atoms with E-state index in [2.05, 4.69) is 4.99 Å². The second-order valence-corrected chi connectivity index (χ2v) is 2.59. The van der Waals surface area contributed by atoms with Crippen molar-refractivity contribution in [3.8, 4) is 5.75 Å². The molecule has 2 rings (SSSR count). The molecule has 0 aliphatic carbocycles. The van der Waals surface area contributed by atoms with E-state index in [1.165, 1.54) is 5.56 Å². The highest BCUT2D eigenvalue weighted by Crippen LogP contribution is 2.29. The van der Waals surface area contributed by atoms with Gasteiger partial charge in [-0.05, 0) is 24.6 Å². The normalized spacial score (nSPS) is 13.9. The summed E-state index contributed by atoms with van der Waals surface area (Å²) < 4.78 is 5.35. The Labute approximate surface area is 65.5 Å². The monoisotopic (exact) mass is 147 g/mol. The number of hydrogen-bond acceptors (Lipinski definition) is 2. The SMILES string of the molecule is Cc1ccc2c(c1)OCC=N2. The van der Waals surface area contributed by atoms with Crippen molar-refractivity contribution in [3.63, 3.8) is 0 Å². The van der Waals surface area contributed by atoms with Crippen LogP contribution >= 0.6 is 0 Å². The third-order valence-electron chi connectivity index (χ3n) is 1.66. The molecule has 2 heteroatoms. The van der Waals surface area contributed by atoms with Crippen molar-refractivity contribution < 1.29 is 4.74 Å². The molecule has 11 heavy (non-hydrogen) atoms. The van der Waals surface area contributed by atoms with E-state index in [-0.39, 0.29) is 0 Å². The summed E-state index contributed by atoms with van der Waals surface area (Å²) in [4.78, 5) is 4.18. The van der Waals surface area contributed by atoms with Crippen LogP contribution in [0.3, 0.4) is 0 Å². The first kappa shape index (κ1) is 6.40. The van der Waals surface area contributed by atoms with E-state index in [1.54, 1.807) is 6.21 Å². The molecule has 0 bridgehead atoms. The largest absolute Gasteiger partial charge is 0.486 e. The standard InChI is InChI=1S/C9H9NO/c1-7-2-3-8-9(6-7)11-5-4-10-8/h2-4,6H,5H2,1H3. The van der Waals surface area contributed by atoms with Gasteiger partial charge in [-0.15, -0.1) is 0 Å². The Hall–Kier alpha value is -1.31. The van der Waals surface area contributed by atoms with Crippen LogP contribution in [0.15, 0.2) is 23.2 Å². The molecule has 56 valence electrons. The van der Waals surface area contributed by atoms with Gasteiger partial charge in [0.15, 0.2) is 0 Å². The van der Waals surface area contributed by atoms with Crippen LogP contribution in [0.5, 0.6) is 5.75 Å². The van der Waals surface area contributed by atoms with Gasteiger partial charge in [0.25, 0.3) is 0 Å². The lowest BCUT2D eigenvalue weighted by atomic mass is 10.2. The summed E-state index contributed by atoms with van der Waals surface area (Å²) in [6, 6.07) is 6.01. The molecule has 1 aliphatic heterocycles. The zero-order chi connectivity index (χ0) is 7.68. The first-order valence-corrected chi connectivity index (χ1v) is 3.62. The number of benzene rings is 1. The summed E-state index contributed by atoms with van der Waals surface area (Å²) >= 11 is 0. The molecule has 0 unspecified atom stereocenters. The third-order valence-corrected chi connectivity index (χ3v) is 1.66. The average Bonchev–Trinajstić information content (AvgIpc) is 2.04. The van der Waals surface area contributed by atoms with Crippen molar-refractivity contribution in [3.05, 3.63) is 23.8 Å². The Morgan fingerprint density at radius 1 is 1.45 bits per heavy atom. The molecule has 1 heterocycles. The molecule has 0 atom stereocenters. The summed E-state index contributed by atoms with van der Waals surface area (Å²) in [6.07, 6.45) is 1.78. The first-order chi connectivity index (χ1) is 5.36. The number of fused-ring (bicyclic) bond motifs is 1. The molecule has 0 saturated heterocycles. The van der Waals surface area contributed by atoms with E-state index in [0.29, 0.717) is 6.61 Å². The van der Waals surface area contributed by atoms with E-state index in [4.69, 9.17) is 4.74 Å². The molecule has 2 nitrogen and oxygen atoms in total. The van der Waals surface area contributed by atoms with Crippen LogP contribution in [0.4, 0.5) is 5.69 Å². The van der Waals surface area contributed by atoms with Crippen LogP contribution in [0.2, 0.25) is 0 Å². The molecule has 0 spiro atoms. The van der Waals surface area contributed by atoms with E-state index in [1.807, 2.05) is 25.1 Å². The third kappa shape index (κ3) is 1.11. The smallest absolute Gasteiger partial charge is 0.145 e. The predicted octanol–water partition coefficient (Wildman–Crippen LogP) is 2.09. The summed E-state index contributed by atoms with van der Waals surface area (Å²) in [6.45, 7) is 2.64. The molecule has 1 aromatic rings. The van der Waals surface area contributed by atoms with Gasteiger partial charge < -0.3 is 4.74 Å². The molecule has 1 aromatic carbocycles. The number of hydrogen-bond donors (Lipinski definition) is 0. The van der Waals surface area contributed by atoms with Crippen LogP contribution < -0.4 is 4.74 Å². The van der Waals surface area contributed by atoms with E-state index < -0.39 is 0 Å². The Bertz CT molecular complexity index is 304. The molecule has 0 fully saturated rings. The van der Waals surface area contributed by atoms with Gasteiger partial charge in [-0.2, -0.15) is 0 Å². The van der Waals surface area contributed by atoms with Gasteiger partial charge in [-0.3, -0.25) is 4.99 Å². The van der Waals surface area contributed by atoms with Gasteiger partial charge in [-0.1, -0.05) is 6.07 Å². The van der Waals surface area contributed by atoms with Gasteiger partial charge >= 0.3 is 0 Å². The molecule has 0 amide bonds. The quantitative estimate of drug-likeness (QED) is 0.550. The molecule has 0 N–H and O–H groups in total. The summed E-state index contributed by atoms with van der Waals surface area (Å²) in [5, 5.41) is 0. The average molecular weight is 147 g/mol. The van der Waals surface area contributed by atoms with Crippen molar-refractivity contribution >= 4 is 11.9 Å². The Kier molecular flexibility index (Phi) is 1.39. The zero-order valence-electron chi connectivity index (χ0n) is 6.37. The lowest BCUT2D eigenvalue weighted by Gasteiger charge is -2.11. The Morgan fingerprint density at radius 3 is 3.27 bits per heavy atom. The molecule has 0 radical (unpaired) electrons. The van der Waals surface area contributed by atoms with Crippen LogP contribution in [0.25, 0.3) is 0 Å². The maximum absolute atomic E-state index is 5.35. The van der Waals surface area contributed by atoms with Crippen LogP contribution in [-0.4, -0.2) is 12.8 Å². The summed E-state index contributed by atoms with van der Waals surface area (Å²) in [7, 11) is 0. The maximum Gasteiger partial charge on any atom is 0.145 e. The lowest BCUT2D eigenvalue weighted by Crippen LogP contribution is -2.02. The fourth-order valence-corrected chi connectivity index (χ4v) is 1.11. The van der Waals surface area contributed by atoms with Gasteiger partial charge in [0.05, 0.1) is 0 Å². The van der Waals surface area contributed by atoms with Crippen LogP contribution in [0.1, 0.15) is 5.56 Å². The number of ether oxygens (including phenoxy) is 1. The Balaban J connectivity index is 2.53. The predicted molar refractivity (Wildman–Crippen MR) is 44.8 cm³/mol. The molecule has 0 saturated carbocycles. The molecule has 1 aliphatic rings. The highest BCUT2D eigenvalue weighted by Gasteiger charge is 2.04. The topological polar surface area (TPSA) is 21.6 Å². The van der Waals surface area contributed by atoms with E-state index >= 15 is 0 Å². The fraction of sp³-hybridized carbons (Fsp3) is 0.222. The Morgan fingerprint density at radius 2 is 2.36 bits per heavy atom. The van der Waals surface area contributed by atoms with Gasteiger partial charge in [0.1, 0.15) is 18.0 Å². The number of rotatable bonds is 0. The molecular formula is C9H9NO. The minimum absolute atomic E-state index is 0.594. The number of aliphatic imine (C=N–C) groups is 1.